The highest BCUT2D eigenvalue weighted by molar-refractivity contribution is 5.57. The lowest BCUT2D eigenvalue weighted by Gasteiger charge is -2.23. The molecule has 1 atom stereocenters. The van der Waals surface area contributed by atoms with E-state index in [0.717, 1.165) is 16.8 Å². The topological polar surface area (TPSA) is 106 Å². The molecule has 0 aliphatic carbocycles. The second-order valence-electron chi connectivity index (χ2n) is 5.10. The summed E-state index contributed by atoms with van der Waals surface area (Å²) in [4.78, 5) is 0. The van der Waals surface area contributed by atoms with E-state index in [-0.39, 0.29) is 18.6 Å². The van der Waals surface area contributed by atoms with E-state index in [0.29, 0.717) is 23.0 Å². The predicted octanol–water partition coefficient (Wildman–Crippen LogP) is 1.67. The maximum atomic E-state index is 9.49. The van der Waals surface area contributed by atoms with Crippen molar-refractivity contribution in [3.63, 3.8) is 0 Å². The maximum Gasteiger partial charge on any atom is 0.244 e. The van der Waals surface area contributed by atoms with Crippen LogP contribution >= 0.6 is 0 Å². The molecule has 2 aromatic rings. The van der Waals surface area contributed by atoms with Gasteiger partial charge >= 0.3 is 0 Å². The van der Waals surface area contributed by atoms with E-state index < -0.39 is 0 Å². The molecule has 1 aromatic heterocycles. The Kier molecular flexibility index (Phi) is 2.53. The lowest BCUT2D eigenvalue weighted by atomic mass is 9.84. The highest BCUT2D eigenvalue weighted by atomic mass is 16.7. The summed E-state index contributed by atoms with van der Waals surface area (Å²) in [5.74, 6) is 1.47. The number of fused-ring (bicyclic) bond motifs is 2. The highest BCUT2D eigenvalue weighted by Crippen LogP contribution is 2.45. The summed E-state index contributed by atoms with van der Waals surface area (Å²) in [6.07, 6.45) is 0. The molecule has 4 rings (SSSR count). The summed E-state index contributed by atoms with van der Waals surface area (Å²) >= 11 is 0. The van der Waals surface area contributed by atoms with E-state index in [4.69, 9.17) is 19.9 Å². The molecule has 0 spiro atoms. The Bertz CT molecular complexity index is 847. The first-order valence-corrected chi connectivity index (χ1v) is 6.71. The lowest BCUT2D eigenvalue weighted by molar-refractivity contribution is 0.174. The van der Waals surface area contributed by atoms with Crippen LogP contribution in [0.25, 0.3) is 0 Å². The minimum absolute atomic E-state index is 0.0733. The Labute approximate surface area is 125 Å². The molecule has 0 fully saturated rings. The van der Waals surface area contributed by atoms with Crippen molar-refractivity contribution in [1.82, 2.24) is 10.2 Å². The maximum absolute atomic E-state index is 9.49. The van der Waals surface area contributed by atoms with Crippen LogP contribution in [0.4, 0.5) is 0 Å². The van der Waals surface area contributed by atoms with Gasteiger partial charge in [0.25, 0.3) is 0 Å². The number of allylic oxidation sites excluding steroid dienone is 1. The van der Waals surface area contributed by atoms with Crippen LogP contribution in [0.3, 0.4) is 0 Å². The van der Waals surface area contributed by atoms with Crippen molar-refractivity contribution in [3.05, 3.63) is 46.5 Å². The third kappa shape index (κ3) is 1.64. The Balaban J connectivity index is 1.92. The minimum Gasteiger partial charge on any atom is -0.454 e. The van der Waals surface area contributed by atoms with E-state index >= 15 is 0 Å². The van der Waals surface area contributed by atoms with Crippen molar-refractivity contribution >= 4 is 0 Å². The molecular weight excluding hydrogens is 284 g/mol. The zero-order valence-electron chi connectivity index (χ0n) is 11.7. The summed E-state index contributed by atoms with van der Waals surface area (Å²) in [6.45, 7) is 2.08. The molecule has 2 aliphatic heterocycles. The summed E-state index contributed by atoms with van der Waals surface area (Å²) < 4.78 is 16.2. The number of nitrogens with zero attached hydrogens (tertiary/aromatic N) is 2. The average molecular weight is 296 g/mol. The third-order valence-electron chi connectivity index (χ3n) is 3.86. The summed E-state index contributed by atoms with van der Waals surface area (Å²) in [5, 5.41) is 16.5. The van der Waals surface area contributed by atoms with Gasteiger partial charge in [0, 0.05) is 11.3 Å². The number of aromatic amines is 1. The number of benzene rings is 1. The molecule has 1 aromatic carbocycles. The number of rotatable bonds is 1. The summed E-state index contributed by atoms with van der Waals surface area (Å²) in [7, 11) is 0. The van der Waals surface area contributed by atoms with Crippen molar-refractivity contribution in [2.75, 3.05) is 6.79 Å². The van der Waals surface area contributed by atoms with Gasteiger partial charge < -0.3 is 19.9 Å². The van der Waals surface area contributed by atoms with Crippen LogP contribution in [0.1, 0.15) is 22.7 Å². The number of hydrogen-bond donors (Lipinski definition) is 2. The Morgan fingerprint density at radius 1 is 1.36 bits per heavy atom. The first-order valence-electron chi connectivity index (χ1n) is 6.71. The van der Waals surface area contributed by atoms with E-state index in [1.165, 1.54) is 0 Å². The van der Waals surface area contributed by atoms with E-state index in [1.54, 1.807) is 0 Å². The molecule has 22 heavy (non-hydrogen) atoms. The molecule has 2 aliphatic rings. The summed E-state index contributed by atoms with van der Waals surface area (Å²) in [5.41, 5.74) is 8.75. The first kappa shape index (κ1) is 12.6. The molecule has 0 saturated heterocycles. The monoisotopic (exact) mass is 296 g/mol. The fraction of sp³-hybridized carbons (Fsp3) is 0.200. The van der Waals surface area contributed by atoms with Gasteiger partial charge in [-0.05, 0) is 24.6 Å². The molecule has 0 radical (unpaired) electrons. The van der Waals surface area contributed by atoms with Crippen molar-refractivity contribution in [2.45, 2.75) is 12.8 Å². The van der Waals surface area contributed by atoms with Crippen LogP contribution in [-0.2, 0) is 0 Å². The second kappa shape index (κ2) is 4.43. The highest BCUT2D eigenvalue weighted by Gasteiger charge is 2.34. The quantitative estimate of drug-likeness (QED) is 0.829. The molecular formula is C15H12N4O3. The molecule has 3 heterocycles. The van der Waals surface area contributed by atoms with Gasteiger partial charge in [0.15, 0.2) is 11.5 Å². The van der Waals surface area contributed by atoms with Crippen LogP contribution in [0.5, 0.6) is 17.4 Å². The van der Waals surface area contributed by atoms with Crippen LogP contribution in [0, 0.1) is 18.3 Å². The number of hydrogen-bond acceptors (Lipinski definition) is 6. The number of aromatic nitrogens is 2. The fourth-order valence-electron chi connectivity index (χ4n) is 2.82. The number of aryl methyl sites for hydroxylation is 1. The third-order valence-corrected chi connectivity index (χ3v) is 3.86. The molecule has 0 bridgehead atoms. The molecule has 0 amide bonds. The number of nitriles is 1. The van der Waals surface area contributed by atoms with Gasteiger partial charge in [0.1, 0.15) is 11.6 Å². The van der Waals surface area contributed by atoms with Crippen LogP contribution in [0.2, 0.25) is 0 Å². The lowest BCUT2D eigenvalue weighted by Crippen LogP contribution is -2.21. The largest absolute Gasteiger partial charge is 0.454 e. The molecule has 7 heteroatoms. The van der Waals surface area contributed by atoms with Crippen LogP contribution in [-0.4, -0.2) is 17.0 Å². The molecule has 3 N–H and O–H groups in total. The average Bonchev–Trinajstić information content (AvgIpc) is 3.12. The van der Waals surface area contributed by atoms with E-state index in [1.807, 2.05) is 25.1 Å². The number of nitrogens with one attached hydrogen (secondary N) is 1. The first-order chi connectivity index (χ1) is 10.7. The van der Waals surface area contributed by atoms with Gasteiger partial charge in [-0.2, -0.15) is 5.26 Å². The van der Waals surface area contributed by atoms with Gasteiger partial charge in [-0.1, -0.05) is 6.07 Å². The van der Waals surface area contributed by atoms with Gasteiger partial charge in [0.2, 0.25) is 18.6 Å². The smallest absolute Gasteiger partial charge is 0.244 e. The molecule has 7 nitrogen and oxygen atoms in total. The van der Waals surface area contributed by atoms with Gasteiger partial charge in [-0.15, -0.1) is 5.10 Å². The van der Waals surface area contributed by atoms with Gasteiger partial charge in [-0.3, -0.25) is 5.10 Å². The molecule has 0 unspecified atom stereocenters. The van der Waals surface area contributed by atoms with Crippen molar-refractivity contribution in [2.24, 2.45) is 5.73 Å². The summed E-state index contributed by atoms with van der Waals surface area (Å²) in [6, 6.07) is 7.72. The number of nitrogens with two attached hydrogens (primary N) is 1. The standard InChI is InChI=1S/C15H12N4O3/c1-7-12-13(8-2-3-10-11(4-8)21-6-20-10)9(5-16)14(17)22-15(12)19-18-7/h2-4,13H,6,17H2,1H3,(H,18,19)/t13-/m1/s1. The molecule has 0 saturated carbocycles. The Morgan fingerprint density at radius 3 is 3.00 bits per heavy atom. The zero-order chi connectivity index (χ0) is 15.3. The zero-order valence-corrected chi connectivity index (χ0v) is 11.7. The van der Waals surface area contributed by atoms with Crippen molar-refractivity contribution in [3.8, 4) is 23.4 Å². The fourth-order valence-corrected chi connectivity index (χ4v) is 2.82. The molecule has 110 valence electrons. The van der Waals surface area contributed by atoms with Gasteiger partial charge in [-0.25, -0.2) is 0 Å². The second-order valence-corrected chi connectivity index (χ2v) is 5.10. The SMILES string of the molecule is Cc1[nH]nc2c1[C@H](c1ccc3c(c1)OCO3)C(C#N)=C(N)O2. The normalized spacial score (nSPS) is 18.6. The van der Waals surface area contributed by atoms with Crippen molar-refractivity contribution in [1.29, 1.82) is 5.26 Å². The van der Waals surface area contributed by atoms with Crippen LogP contribution < -0.4 is 19.9 Å². The Morgan fingerprint density at radius 2 is 2.18 bits per heavy atom. The van der Waals surface area contributed by atoms with Crippen molar-refractivity contribution < 1.29 is 14.2 Å². The Hall–Kier alpha value is -3.14. The van der Waals surface area contributed by atoms with Gasteiger partial charge in [0.05, 0.1) is 5.92 Å². The minimum atomic E-state index is -0.345. The predicted molar refractivity (Wildman–Crippen MR) is 75.2 cm³/mol. The number of ether oxygens (including phenoxy) is 3. The number of H-pyrrole nitrogens is 1. The van der Waals surface area contributed by atoms with Crippen LogP contribution in [0.15, 0.2) is 29.7 Å². The van der Waals surface area contributed by atoms with E-state index in [2.05, 4.69) is 16.3 Å². The van der Waals surface area contributed by atoms with E-state index in [9.17, 15) is 5.26 Å².